The molecular weight excluding hydrogens is 366 g/mol. The van der Waals surface area contributed by atoms with Crippen LogP contribution >= 0.6 is 0 Å². The van der Waals surface area contributed by atoms with Crippen molar-refractivity contribution in [1.29, 1.82) is 0 Å². The predicted molar refractivity (Wildman–Crippen MR) is 96.5 cm³/mol. The van der Waals surface area contributed by atoms with Crippen molar-refractivity contribution < 1.29 is 28.7 Å². The molecule has 0 aromatic carbocycles. The van der Waals surface area contributed by atoms with Gasteiger partial charge in [-0.2, -0.15) is 0 Å². The molecule has 0 unspecified atom stereocenters. The first kappa shape index (κ1) is 20.0. The highest BCUT2D eigenvalue weighted by Gasteiger charge is 2.46. The first-order valence-electron chi connectivity index (χ1n) is 9.56. The summed E-state index contributed by atoms with van der Waals surface area (Å²) in [5, 5.41) is 2.77. The number of nitrogens with zero attached hydrogens (tertiary/aromatic N) is 2. The molecule has 4 amide bonds. The van der Waals surface area contributed by atoms with E-state index in [4.69, 9.17) is 4.74 Å². The predicted octanol–water partition coefficient (Wildman–Crippen LogP) is -0.392. The lowest BCUT2D eigenvalue weighted by Crippen LogP contribution is -2.41. The zero-order chi connectivity index (χ0) is 20.3. The number of nitrogens with one attached hydrogen (secondary N) is 1. The van der Waals surface area contributed by atoms with Gasteiger partial charge in [-0.25, -0.2) is 0 Å². The molecule has 1 saturated carbocycles. The highest BCUT2D eigenvalue weighted by molar-refractivity contribution is 6.05. The van der Waals surface area contributed by atoms with E-state index in [1.807, 2.05) is 12.2 Å². The normalized spacial score (nSPS) is 23.4. The molecule has 9 nitrogen and oxygen atoms in total. The van der Waals surface area contributed by atoms with Crippen LogP contribution < -0.4 is 5.32 Å². The van der Waals surface area contributed by atoms with Crippen molar-refractivity contribution in [1.82, 2.24) is 15.1 Å². The van der Waals surface area contributed by atoms with Crippen molar-refractivity contribution in [3.63, 3.8) is 0 Å². The lowest BCUT2D eigenvalue weighted by atomic mass is 9.85. The number of carbonyl (C=O) groups excluding carboxylic acids is 5. The number of ether oxygens (including phenoxy) is 1. The molecular formula is C19H25N3O6. The molecule has 152 valence electrons. The van der Waals surface area contributed by atoms with Crippen molar-refractivity contribution in [2.75, 3.05) is 26.7 Å². The Hall–Kier alpha value is -2.71. The third-order valence-electron chi connectivity index (χ3n) is 5.24. The number of esters is 1. The van der Waals surface area contributed by atoms with Gasteiger partial charge in [-0.3, -0.25) is 28.9 Å². The molecule has 9 heteroatoms. The molecule has 1 saturated heterocycles. The average Bonchev–Trinajstić information content (AvgIpc) is 3.45. The number of allylic oxidation sites excluding steroid dienone is 2. The van der Waals surface area contributed by atoms with Crippen LogP contribution in [0.4, 0.5) is 0 Å². The van der Waals surface area contributed by atoms with Gasteiger partial charge in [0.1, 0.15) is 0 Å². The Kier molecular flexibility index (Phi) is 6.11. The molecule has 1 heterocycles. The molecule has 0 aromatic rings. The van der Waals surface area contributed by atoms with Crippen molar-refractivity contribution in [3.8, 4) is 0 Å². The molecule has 0 bridgehead atoms. The van der Waals surface area contributed by atoms with Gasteiger partial charge in [0.05, 0.1) is 24.8 Å². The maximum Gasteiger partial charge on any atom is 0.308 e. The number of rotatable bonds is 8. The lowest BCUT2D eigenvalue weighted by molar-refractivity contribution is -0.152. The van der Waals surface area contributed by atoms with Gasteiger partial charge >= 0.3 is 5.97 Å². The average molecular weight is 391 g/mol. The minimum Gasteiger partial charge on any atom is -0.456 e. The van der Waals surface area contributed by atoms with E-state index in [2.05, 4.69) is 5.32 Å². The summed E-state index contributed by atoms with van der Waals surface area (Å²) in [7, 11) is 1.46. The van der Waals surface area contributed by atoms with E-state index in [0.717, 1.165) is 17.7 Å². The van der Waals surface area contributed by atoms with Crippen LogP contribution in [-0.2, 0) is 28.7 Å². The SMILES string of the molecule is CN(CC(=O)NC1CC1)C(=O)COC(=O)CCN1C(=O)[C@H]2CC=CC[C@H]2C1=O. The Morgan fingerprint density at radius 2 is 1.75 bits per heavy atom. The molecule has 3 rings (SSSR count). The van der Waals surface area contributed by atoms with Crippen LogP contribution in [0.1, 0.15) is 32.1 Å². The summed E-state index contributed by atoms with van der Waals surface area (Å²) in [6, 6.07) is 0.212. The number of likely N-dealkylation sites (tertiary alicyclic amines) is 1. The fourth-order valence-electron chi connectivity index (χ4n) is 3.42. The summed E-state index contributed by atoms with van der Waals surface area (Å²) in [5.41, 5.74) is 0. The second-order valence-electron chi connectivity index (χ2n) is 7.49. The summed E-state index contributed by atoms with van der Waals surface area (Å²) in [6.45, 7) is -0.624. The highest BCUT2D eigenvalue weighted by atomic mass is 16.5. The van der Waals surface area contributed by atoms with Crippen LogP contribution in [0.5, 0.6) is 0 Å². The van der Waals surface area contributed by atoms with Gasteiger partial charge in [-0.1, -0.05) is 12.2 Å². The monoisotopic (exact) mass is 391 g/mol. The van der Waals surface area contributed by atoms with E-state index in [9.17, 15) is 24.0 Å². The van der Waals surface area contributed by atoms with Gasteiger partial charge in [-0.05, 0) is 25.7 Å². The summed E-state index contributed by atoms with van der Waals surface area (Å²) in [4.78, 5) is 62.5. The summed E-state index contributed by atoms with van der Waals surface area (Å²) < 4.78 is 4.93. The minimum atomic E-state index is -0.669. The maximum atomic E-state index is 12.3. The Balaban J connectivity index is 1.37. The van der Waals surface area contributed by atoms with Crippen molar-refractivity contribution in [2.45, 2.75) is 38.1 Å². The summed E-state index contributed by atoms with van der Waals surface area (Å²) in [6.07, 6.45) is 6.65. The zero-order valence-electron chi connectivity index (χ0n) is 15.9. The van der Waals surface area contributed by atoms with Crippen LogP contribution in [0.2, 0.25) is 0 Å². The van der Waals surface area contributed by atoms with Gasteiger partial charge in [-0.15, -0.1) is 0 Å². The van der Waals surface area contributed by atoms with E-state index in [0.29, 0.717) is 12.8 Å². The minimum absolute atomic E-state index is 0.0443. The molecule has 2 atom stereocenters. The number of hydrogen-bond acceptors (Lipinski definition) is 6. The lowest BCUT2D eigenvalue weighted by Gasteiger charge is -2.17. The van der Waals surface area contributed by atoms with E-state index >= 15 is 0 Å². The first-order valence-corrected chi connectivity index (χ1v) is 9.56. The topological polar surface area (TPSA) is 113 Å². The number of imide groups is 1. The largest absolute Gasteiger partial charge is 0.456 e. The Morgan fingerprint density at radius 3 is 2.32 bits per heavy atom. The van der Waals surface area contributed by atoms with E-state index in [1.165, 1.54) is 11.9 Å². The molecule has 3 aliphatic rings. The molecule has 2 fully saturated rings. The quantitative estimate of drug-likeness (QED) is 0.342. The van der Waals surface area contributed by atoms with Gasteiger partial charge in [0.2, 0.25) is 17.7 Å². The fourth-order valence-corrected chi connectivity index (χ4v) is 3.42. The van der Waals surface area contributed by atoms with Crippen LogP contribution in [0.15, 0.2) is 12.2 Å². The zero-order valence-corrected chi connectivity index (χ0v) is 15.9. The van der Waals surface area contributed by atoms with Gasteiger partial charge in [0, 0.05) is 19.6 Å². The molecule has 1 aliphatic heterocycles. The Labute approximate surface area is 163 Å². The number of fused-ring (bicyclic) bond motifs is 1. The highest BCUT2D eigenvalue weighted by Crippen LogP contribution is 2.34. The van der Waals surface area contributed by atoms with E-state index < -0.39 is 18.5 Å². The molecule has 0 radical (unpaired) electrons. The maximum absolute atomic E-state index is 12.3. The molecule has 0 aromatic heterocycles. The van der Waals surface area contributed by atoms with Crippen molar-refractivity contribution in [2.24, 2.45) is 11.8 Å². The van der Waals surface area contributed by atoms with Gasteiger partial charge in [0.15, 0.2) is 6.61 Å². The van der Waals surface area contributed by atoms with Gasteiger partial charge in [0.25, 0.3) is 5.91 Å². The molecule has 0 spiro atoms. The number of likely N-dealkylation sites (N-methyl/N-ethyl adjacent to an activating group) is 1. The third-order valence-corrected chi connectivity index (χ3v) is 5.24. The summed E-state index contributed by atoms with van der Waals surface area (Å²) in [5.74, 6) is -2.56. The number of carbonyl (C=O) groups is 5. The van der Waals surface area contributed by atoms with Crippen LogP contribution in [0.3, 0.4) is 0 Å². The van der Waals surface area contributed by atoms with Crippen LogP contribution in [-0.4, -0.2) is 72.2 Å². The Bertz CT molecular complexity index is 688. The third kappa shape index (κ3) is 4.76. The van der Waals surface area contributed by atoms with Crippen molar-refractivity contribution >= 4 is 29.6 Å². The van der Waals surface area contributed by atoms with Gasteiger partial charge < -0.3 is 15.0 Å². The van der Waals surface area contributed by atoms with E-state index in [-0.39, 0.29) is 55.1 Å². The second kappa shape index (κ2) is 8.53. The van der Waals surface area contributed by atoms with Crippen molar-refractivity contribution in [3.05, 3.63) is 12.2 Å². The number of amides is 4. The second-order valence-corrected chi connectivity index (χ2v) is 7.49. The molecule has 2 aliphatic carbocycles. The Morgan fingerprint density at radius 1 is 1.14 bits per heavy atom. The smallest absolute Gasteiger partial charge is 0.308 e. The summed E-state index contributed by atoms with van der Waals surface area (Å²) >= 11 is 0. The van der Waals surface area contributed by atoms with E-state index in [1.54, 1.807) is 0 Å². The first-order chi connectivity index (χ1) is 13.4. The fraction of sp³-hybridized carbons (Fsp3) is 0.632. The van der Waals surface area contributed by atoms with Crippen LogP contribution in [0.25, 0.3) is 0 Å². The molecule has 1 N–H and O–H groups in total. The standard InChI is InChI=1S/C19H25N3O6/c1-21(10-15(23)20-12-6-7-12)16(24)11-28-17(25)8-9-22-18(26)13-4-2-3-5-14(13)19(22)27/h2-3,12-14H,4-11H2,1H3,(H,20,23)/t13-,14+. The van der Waals surface area contributed by atoms with Crippen LogP contribution in [0, 0.1) is 11.8 Å². The molecule has 28 heavy (non-hydrogen) atoms. The number of hydrogen-bond donors (Lipinski definition) is 1.